The highest BCUT2D eigenvalue weighted by molar-refractivity contribution is 6.32. The Balaban J connectivity index is 1.63. The Morgan fingerprint density at radius 1 is 1.02 bits per heavy atom. The number of anilines is 1. The quantitative estimate of drug-likeness (QED) is 0.147. The van der Waals surface area contributed by atoms with E-state index in [1.54, 1.807) is 13.0 Å². The molecule has 2 aromatic rings. The molecule has 0 bridgehead atoms. The van der Waals surface area contributed by atoms with Crippen LogP contribution in [0.3, 0.4) is 0 Å². The lowest BCUT2D eigenvalue weighted by Crippen LogP contribution is -2.38. The Morgan fingerprint density at radius 3 is 2.18 bits per heavy atom. The molecule has 2 amide bonds. The minimum Gasteiger partial charge on any atom is -0.508 e. The van der Waals surface area contributed by atoms with Crippen LogP contribution in [0, 0.1) is 17.8 Å². The van der Waals surface area contributed by atoms with Gasteiger partial charge in [0.05, 0.1) is 46.4 Å². The molecule has 3 N–H and O–H groups in total. The number of imide groups is 1. The number of amides is 2. The predicted octanol–water partition coefficient (Wildman–Crippen LogP) is 7.54. The molecule has 1 aliphatic heterocycles. The Bertz CT molecular complexity index is 1500. The zero-order chi connectivity index (χ0) is 33.4. The van der Waals surface area contributed by atoms with E-state index >= 15 is 0 Å². The molecule has 13 heteroatoms. The average molecular weight is 660 g/mol. The number of phenolic OH excluding ortho intramolecular Hbond substituents is 1. The fourth-order valence-corrected chi connectivity index (χ4v) is 6.59. The summed E-state index contributed by atoms with van der Waals surface area (Å²) in [6.07, 6.45) is -7.76. The molecule has 0 unspecified atom stereocenters. The van der Waals surface area contributed by atoms with Crippen molar-refractivity contribution >= 4 is 35.2 Å². The van der Waals surface area contributed by atoms with Crippen molar-refractivity contribution in [2.24, 2.45) is 17.8 Å². The topological polar surface area (TPSA) is 98.1 Å². The smallest absolute Gasteiger partial charge is 0.416 e. The van der Waals surface area contributed by atoms with Gasteiger partial charge in [-0.05, 0) is 80.1 Å². The number of hydrogen-bond acceptors (Lipinski definition) is 5. The highest BCUT2D eigenvalue weighted by Gasteiger charge is 2.55. The lowest BCUT2D eigenvalue weighted by Gasteiger charge is -2.35. The lowest BCUT2D eigenvalue weighted by molar-refractivity contribution is -0.143. The standard InChI is InChI=1S/C32H32ClF6NO5/c1-3-4-17(10-18-6-7-22(42)14-25(18)33)5-8-26(43)27-16(2)9-23-28(24(27)15-41)30(45)40(29(23)44)21-12-19(31(34,35)36)11-20(13-21)32(37,38)39/h6-7,10-14,23-24,26,28,41-43H,3-5,8-9,15H2,1-2H3/b17-10+/t23-,24+,26-,28-/m1/s1. The van der Waals surface area contributed by atoms with E-state index in [4.69, 9.17) is 11.6 Å². The van der Waals surface area contributed by atoms with Crippen LogP contribution >= 0.6 is 11.6 Å². The first-order valence-electron chi connectivity index (χ1n) is 14.3. The molecule has 1 heterocycles. The van der Waals surface area contributed by atoms with E-state index in [9.17, 15) is 51.3 Å². The number of nitrogens with zero attached hydrogens (tertiary/aromatic N) is 1. The van der Waals surface area contributed by atoms with Gasteiger partial charge in [0.25, 0.3) is 0 Å². The Hall–Kier alpha value is -3.35. The van der Waals surface area contributed by atoms with E-state index in [1.807, 2.05) is 13.0 Å². The summed E-state index contributed by atoms with van der Waals surface area (Å²) in [5, 5.41) is 31.7. The molecule has 1 saturated heterocycles. The monoisotopic (exact) mass is 659 g/mol. The van der Waals surface area contributed by atoms with Crippen molar-refractivity contribution in [3.05, 3.63) is 74.8 Å². The maximum Gasteiger partial charge on any atom is 0.416 e. The Morgan fingerprint density at radius 2 is 1.64 bits per heavy atom. The third-order valence-corrected chi connectivity index (χ3v) is 8.70. The number of aliphatic hydroxyl groups excluding tert-OH is 2. The van der Waals surface area contributed by atoms with Crippen molar-refractivity contribution in [3.63, 3.8) is 0 Å². The molecule has 1 aliphatic carbocycles. The first kappa shape index (κ1) is 34.5. The van der Waals surface area contributed by atoms with E-state index in [1.165, 1.54) is 12.1 Å². The zero-order valence-corrected chi connectivity index (χ0v) is 25.1. The predicted molar refractivity (Wildman–Crippen MR) is 155 cm³/mol. The molecule has 2 aliphatic rings. The number of alkyl halides is 6. The highest BCUT2D eigenvalue weighted by atomic mass is 35.5. The van der Waals surface area contributed by atoms with E-state index in [0.717, 1.165) is 12.0 Å². The van der Waals surface area contributed by atoms with E-state index < -0.39 is 71.4 Å². The van der Waals surface area contributed by atoms with Crippen LogP contribution in [0.4, 0.5) is 32.0 Å². The number of phenols is 1. The number of benzene rings is 2. The van der Waals surface area contributed by atoms with Crippen molar-refractivity contribution in [1.29, 1.82) is 0 Å². The number of aromatic hydroxyl groups is 1. The molecular weight excluding hydrogens is 628 g/mol. The van der Waals surface area contributed by atoms with Crippen LogP contribution in [0.15, 0.2) is 53.1 Å². The summed E-state index contributed by atoms with van der Waals surface area (Å²) in [7, 11) is 0. The Kier molecular flexibility index (Phi) is 10.1. The molecule has 4 rings (SSSR count). The van der Waals surface area contributed by atoms with Gasteiger partial charge < -0.3 is 15.3 Å². The van der Waals surface area contributed by atoms with Gasteiger partial charge in [-0.2, -0.15) is 26.3 Å². The number of halogens is 7. The second-order valence-corrected chi connectivity index (χ2v) is 11.9. The summed E-state index contributed by atoms with van der Waals surface area (Å²) in [5.41, 5.74) is -1.78. The third kappa shape index (κ3) is 7.23. The molecule has 4 atom stereocenters. The zero-order valence-electron chi connectivity index (χ0n) is 24.3. The number of fused-ring (bicyclic) bond motifs is 1. The average Bonchev–Trinajstić information content (AvgIpc) is 3.19. The molecule has 0 radical (unpaired) electrons. The van der Waals surface area contributed by atoms with Gasteiger partial charge in [-0.15, -0.1) is 0 Å². The second-order valence-electron chi connectivity index (χ2n) is 11.4. The van der Waals surface area contributed by atoms with Crippen molar-refractivity contribution in [3.8, 4) is 5.75 Å². The van der Waals surface area contributed by atoms with E-state index in [2.05, 4.69) is 0 Å². The fourth-order valence-electron chi connectivity index (χ4n) is 6.36. The van der Waals surface area contributed by atoms with Crippen molar-refractivity contribution in [1.82, 2.24) is 0 Å². The normalized spacial score (nSPS) is 21.9. The van der Waals surface area contributed by atoms with Crippen LogP contribution in [0.2, 0.25) is 5.02 Å². The highest BCUT2D eigenvalue weighted by Crippen LogP contribution is 2.48. The molecular formula is C32H32ClF6NO5. The number of carbonyl (C=O) groups is 2. The van der Waals surface area contributed by atoms with Crippen LogP contribution < -0.4 is 4.90 Å². The summed E-state index contributed by atoms with van der Waals surface area (Å²) in [6, 6.07) is 5.10. The number of hydrogen-bond donors (Lipinski definition) is 3. The minimum absolute atomic E-state index is 0.00466. The summed E-state index contributed by atoms with van der Waals surface area (Å²) in [4.78, 5) is 27.4. The van der Waals surface area contributed by atoms with Gasteiger partial charge >= 0.3 is 12.4 Å². The molecule has 45 heavy (non-hydrogen) atoms. The van der Waals surface area contributed by atoms with Crippen LogP contribution in [-0.2, 0) is 21.9 Å². The van der Waals surface area contributed by atoms with E-state index in [-0.39, 0.29) is 24.7 Å². The number of rotatable bonds is 9. The van der Waals surface area contributed by atoms with Crippen LogP contribution in [-0.4, -0.2) is 39.8 Å². The van der Waals surface area contributed by atoms with Crippen LogP contribution in [0.5, 0.6) is 5.75 Å². The molecule has 1 fully saturated rings. The first-order chi connectivity index (χ1) is 21.0. The van der Waals surface area contributed by atoms with Crippen molar-refractivity contribution in [2.75, 3.05) is 11.5 Å². The number of carbonyl (C=O) groups excluding carboxylic acids is 2. The maximum atomic E-state index is 13.6. The molecule has 0 aromatic heterocycles. The number of allylic oxidation sites excluding steroid dienone is 2. The lowest BCUT2D eigenvalue weighted by atomic mass is 9.68. The molecule has 6 nitrogen and oxygen atoms in total. The van der Waals surface area contributed by atoms with Gasteiger partial charge in [0.1, 0.15) is 5.75 Å². The van der Waals surface area contributed by atoms with Gasteiger partial charge in [-0.1, -0.05) is 42.2 Å². The molecule has 244 valence electrons. The van der Waals surface area contributed by atoms with E-state index in [0.29, 0.717) is 51.6 Å². The molecule has 0 saturated carbocycles. The van der Waals surface area contributed by atoms with Crippen LogP contribution in [0.25, 0.3) is 6.08 Å². The second kappa shape index (κ2) is 13.2. The summed E-state index contributed by atoms with van der Waals surface area (Å²) in [5.74, 6) is -5.52. The molecule has 2 aromatic carbocycles. The SMILES string of the molecule is CCC/C(=C\c1ccc(O)cc1Cl)CC[C@@H](O)C1=C(C)C[C@H]2C(=O)N(c3cc(C(F)(F)F)cc(C(F)(F)F)c3)C(=O)[C@H]2[C@H]1CO. The van der Waals surface area contributed by atoms with Crippen molar-refractivity contribution in [2.45, 2.75) is 64.4 Å². The third-order valence-electron chi connectivity index (χ3n) is 8.37. The summed E-state index contributed by atoms with van der Waals surface area (Å²) < 4.78 is 81.1. The van der Waals surface area contributed by atoms with Crippen LogP contribution in [0.1, 0.15) is 62.6 Å². The largest absolute Gasteiger partial charge is 0.508 e. The minimum atomic E-state index is -5.18. The number of aliphatic hydroxyl groups is 2. The van der Waals surface area contributed by atoms with Gasteiger partial charge in [0.2, 0.25) is 11.8 Å². The van der Waals surface area contributed by atoms with Crippen molar-refractivity contribution < 1.29 is 51.3 Å². The van der Waals surface area contributed by atoms with Gasteiger partial charge in [0.15, 0.2) is 0 Å². The van der Waals surface area contributed by atoms with Gasteiger partial charge in [-0.25, -0.2) is 4.90 Å². The molecule has 0 spiro atoms. The summed E-state index contributed by atoms with van der Waals surface area (Å²) in [6.45, 7) is 2.90. The first-order valence-corrected chi connectivity index (χ1v) is 14.7. The fraction of sp³-hybridized carbons (Fsp3) is 0.438. The maximum absolute atomic E-state index is 13.6. The van der Waals surface area contributed by atoms with Gasteiger partial charge in [-0.3, -0.25) is 9.59 Å². The van der Waals surface area contributed by atoms with Gasteiger partial charge in [0, 0.05) is 5.92 Å². The Labute approximate surface area is 260 Å². The summed E-state index contributed by atoms with van der Waals surface area (Å²) >= 11 is 6.25.